The largest absolute Gasteiger partial charge is 0.497 e. The molecule has 3 aromatic rings. The van der Waals surface area contributed by atoms with Gasteiger partial charge in [0, 0.05) is 29.3 Å². The molecule has 4 nitrogen and oxygen atoms in total. The number of nitrogens with two attached hydrogens (primary N) is 1. The van der Waals surface area contributed by atoms with Crippen molar-refractivity contribution in [2.24, 2.45) is 5.73 Å². The third kappa shape index (κ3) is 3.24. The highest BCUT2D eigenvalue weighted by Crippen LogP contribution is 2.40. The van der Waals surface area contributed by atoms with Crippen LogP contribution in [-0.2, 0) is 0 Å². The Labute approximate surface area is 187 Å². The van der Waals surface area contributed by atoms with E-state index >= 15 is 0 Å². The number of rotatable bonds is 3. The molecule has 2 N–H and O–H groups in total. The smallest absolute Gasteiger partial charge is 0.255 e. The molecule has 0 aliphatic carbocycles. The molecule has 5 rings (SSSR count). The molecule has 3 atom stereocenters. The number of halogens is 2. The fraction of sp³-hybridized carbons (Fsp3) is 0.292. The number of ether oxygens (including phenoxy) is 1. The Morgan fingerprint density at radius 2 is 1.80 bits per heavy atom. The summed E-state index contributed by atoms with van der Waals surface area (Å²) in [6.07, 6.45) is 2.98. The second-order valence-corrected chi connectivity index (χ2v) is 8.37. The number of amides is 1. The van der Waals surface area contributed by atoms with Gasteiger partial charge in [0.05, 0.1) is 12.1 Å². The molecule has 2 saturated heterocycles. The Kier molecular flexibility index (Phi) is 5.67. The number of carbonyl (C=O) groups is 1. The Bertz CT molecular complexity index is 1120. The summed E-state index contributed by atoms with van der Waals surface area (Å²) in [7, 11) is 1.62. The highest BCUT2D eigenvalue weighted by atomic mass is 35.5. The van der Waals surface area contributed by atoms with Crippen LogP contribution >= 0.6 is 24.0 Å². The summed E-state index contributed by atoms with van der Waals surface area (Å²) >= 11 is 6.54. The first-order valence-electron chi connectivity index (χ1n) is 10.0. The number of hydrogen-bond acceptors (Lipinski definition) is 3. The first kappa shape index (κ1) is 21.0. The predicted octanol–water partition coefficient (Wildman–Crippen LogP) is 5.29. The van der Waals surface area contributed by atoms with E-state index in [1.807, 2.05) is 59.5 Å². The molecule has 0 radical (unpaired) electrons. The minimum Gasteiger partial charge on any atom is -0.497 e. The van der Waals surface area contributed by atoms with Crippen LogP contribution in [0, 0.1) is 0 Å². The lowest BCUT2D eigenvalue weighted by atomic mass is 9.94. The molecule has 2 aliphatic heterocycles. The van der Waals surface area contributed by atoms with Crippen molar-refractivity contribution in [3.05, 3.63) is 65.2 Å². The molecule has 0 unspecified atom stereocenters. The highest BCUT2D eigenvalue weighted by Gasteiger charge is 2.47. The summed E-state index contributed by atoms with van der Waals surface area (Å²) in [6, 6.07) is 18.2. The molecule has 2 fully saturated rings. The van der Waals surface area contributed by atoms with Crippen LogP contribution in [0.1, 0.15) is 29.6 Å². The molecular weight excluding hydrogens is 419 g/mol. The zero-order chi connectivity index (χ0) is 20.1. The average Bonchev–Trinajstić information content (AvgIpc) is 3.29. The van der Waals surface area contributed by atoms with Crippen LogP contribution in [0.4, 0.5) is 0 Å². The lowest BCUT2D eigenvalue weighted by Crippen LogP contribution is -2.40. The summed E-state index contributed by atoms with van der Waals surface area (Å²) in [6.45, 7) is 0. The van der Waals surface area contributed by atoms with E-state index in [-0.39, 0.29) is 36.4 Å². The molecule has 1 amide bonds. The highest BCUT2D eigenvalue weighted by molar-refractivity contribution is 6.34. The summed E-state index contributed by atoms with van der Waals surface area (Å²) in [5.74, 6) is 0.810. The molecule has 0 saturated carbocycles. The monoisotopic (exact) mass is 442 g/mol. The zero-order valence-electron chi connectivity index (χ0n) is 16.7. The van der Waals surface area contributed by atoms with Crippen molar-refractivity contribution in [3.8, 4) is 16.9 Å². The van der Waals surface area contributed by atoms with Crippen LogP contribution in [-0.4, -0.2) is 36.0 Å². The second kappa shape index (κ2) is 8.10. The van der Waals surface area contributed by atoms with E-state index in [4.69, 9.17) is 22.1 Å². The standard InChI is InChI=1S/C24H23ClN2O2.ClH/c1-29-15-7-8-19(21(25)13-15)18-9-10-20(17-5-3-2-4-16(17)18)24(28)27-14-6-11-23(27)22(26)12-14;/h2-5,7-10,13-14,22-23H,6,11-12,26H2,1H3;1H/t14-,22-,23+;/m1./s1. The first-order valence-corrected chi connectivity index (χ1v) is 10.4. The fourth-order valence-corrected chi connectivity index (χ4v) is 5.32. The third-order valence-electron chi connectivity index (χ3n) is 6.44. The van der Waals surface area contributed by atoms with Crippen LogP contribution in [0.3, 0.4) is 0 Å². The molecule has 3 aromatic carbocycles. The average molecular weight is 443 g/mol. The Morgan fingerprint density at radius 3 is 2.43 bits per heavy atom. The number of nitrogens with zero attached hydrogens (tertiary/aromatic N) is 1. The Balaban J connectivity index is 0.00000218. The van der Waals surface area contributed by atoms with Crippen molar-refractivity contribution in [1.29, 1.82) is 0 Å². The first-order chi connectivity index (χ1) is 14.1. The van der Waals surface area contributed by atoms with Gasteiger partial charge in [-0.2, -0.15) is 0 Å². The van der Waals surface area contributed by atoms with Crippen molar-refractivity contribution in [3.63, 3.8) is 0 Å². The molecule has 2 bridgehead atoms. The molecule has 2 aliphatic rings. The van der Waals surface area contributed by atoms with Crippen LogP contribution in [0.15, 0.2) is 54.6 Å². The van der Waals surface area contributed by atoms with Gasteiger partial charge in [0.15, 0.2) is 0 Å². The molecule has 6 heteroatoms. The van der Waals surface area contributed by atoms with E-state index in [0.29, 0.717) is 5.02 Å². The molecular formula is C24H24Cl2N2O2. The van der Waals surface area contributed by atoms with Gasteiger partial charge in [0.1, 0.15) is 5.75 Å². The SMILES string of the molecule is COc1ccc(-c2ccc(C(=O)N3[C@@H]4CC[C@H]3[C@H](N)C4)c3ccccc23)c(Cl)c1.Cl. The van der Waals surface area contributed by atoms with Crippen molar-refractivity contribution in [1.82, 2.24) is 4.90 Å². The molecule has 0 aromatic heterocycles. The number of carbonyl (C=O) groups excluding carboxylic acids is 1. The van der Waals surface area contributed by atoms with Gasteiger partial charge in [-0.25, -0.2) is 0 Å². The van der Waals surface area contributed by atoms with Crippen molar-refractivity contribution in [2.45, 2.75) is 37.4 Å². The van der Waals surface area contributed by atoms with Gasteiger partial charge in [-0.3, -0.25) is 4.79 Å². The van der Waals surface area contributed by atoms with E-state index in [1.54, 1.807) is 7.11 Å². The van der Waals surface area contributed by atoms with Gasteiger partial charge in [-0.05, 0) is 59.9 Å². The maximum atomic E-state index is 13.5. The zero-order valence-corrected chi connectivity index (χ0v) is 18.2. The lowest BCUT2D eigenvalue weighted by molar-refractivity contribution is 0.0728. The van der Waals surface area contributed by atoms with Gasteiger partial charge < -0.3 is 15.4 Å². The molecule has 30 heavy (non-hydrogen) atoms. The summed E-state index contributed by atoms with van der Waals surface area (Å²) in [5.41, 5.74) is 8.92. The normalized spacial score (nSPS) is 22.2. The van der Waals surface area contributed by atoms with Gasteiger partial charge in [0.2, 0.25) is 0 Å². The van der Waals surface area contributed by atoms with Crippen LogP contribution in [0.25, 0.3) is 21.9 Å². The van der Waals surface area contributed by atoms with Crippen molar-refractivity contribution in [2.75, 3.05) is 7.11 Å². The molecule has 156 valence electrons. The van der Waals surface area contributed by atoms with Crippen molar-refractivity contribution < 1.29 is 9.53 Å². The van der Waals surface area contributed by atoms with E-state index in [0.717, 1.165) is 52.5 Å². The maximum Gasteiger partial charge on any atom is 0.255 e. The third-order valence-corrected chi connectivity index (χ3v) is 6.75. The molecule has 2 heterocycles. The Morgan fingerprint density at radius 1 is 1.07 bits per heavy atom. The van der Waals surface area contributed by atoms with Gasteiger partial charge >= 0.3 is 0 Å². The summed E-state index contributed by atoms with van der Waals surface area (Å²) < 4.78 is 5.27. The predicted molar refractivity (Wildman–Crippen MR) is 124 cm³/mol. The van der Waals surface area contributed by atoms with Crippen LogP contribution < -0.4 is 10.5 Å². The fourth-order valence-electron chi connectivity index (χ4n) is 5.05. The van der Waals surface area contributed by atoms with E-state index in [9.17, 15) is 4.79 Å². The van der Waals surface area contributed by atoms with Crippen LogP contribution in [0.2, 0.25) is 5.02 Å². The Hall–Kier alpha value is -2.27. The molecule has 0 spiro atoms. The summed E-state index contributed by atoms with van der Waals surface area (Å²) in [5, 5.41) is 2.58. The van der Waals surface area contributed by atoms with Gasteiger partial charge in [-0.1, -0.05) is 41.9 Å². The van der Waals surface area contributed by atoms with E-state index in [1.165, 1.54) is 0 Å². The summed E-state index contributed by atoms with van der Waals surface area (Å²) in [4.78, 5) is 15.5. The number of fused-ring (bicyclic) bond motifs is 3. The van der Waals surface area contributed by atoms with Gasteiger partial charge in [-0.15, -0.1) is 12.4 Å². The minimum absolute atomic E-state index is 0. The van der Waals surface area contributed by atoms with E-state index < -0.39 is 0 Å². The van der Waals surface area contributed by atoms with Crippen LogP contribution in [0.5, 0.6) is 5.75 Å². The number of benzene rings is 3. The lowest BCUT2D eigenvalue weighted by Gasteiger charge is -2.24. The van der Waals surface area contributed by atoms with Crippen molar-refractivity contribution >= 4 is 40.7 Å². The quantitative estimate of drug-likeness (QED) is 0.598. The van der Waals surface area contributed by atoms with Gasteiger partial charge in [0.25, 0.3) is 5.91 Å². The topological polar surface area (TPSA) is 55.6 Å². The maximum absolute atomic E-state index is 13.5. The van der Waals surface area contributed by atoms with E-state index in [2.05, 4.69) is 0 Å². The second-order valence-electron chi connectivity index (χ2n) is 7.96. The minimum atomic E-state index is 0. The number of hydrogen-bond donors (Lipinski definition) is 1. The number of methoxy groups -OCH3 is 1.